The predicted molar refractivity (Wildman–Crippen MR) is 118 cm³/mol. The van der Waals surface area contributed by atoms with Crippen LogP contribution in [0.25, 0.3) is 33.1 Å². The molecule has 0 amide bonds. The topological polar surface area (TPSA) is 113 Å². The third-order valence-electron chi connectivity index (χ3n) is 6.32. The van der Waals surface area contributed by atoms with E-state index in [0.717, 1.165) is 71.9 Å². The number of hydrogen-bond acceptors (Lipinski definition) is 8. The summed E-state index contributed by atoms with van der Waals surface area (Å²) >= 11 is 8.03. The summed E-state index contributed by atoms with van der Waals surface area (Å²) in [5.74, 6) is 1.52. The van der Waals surface area contributed by atoms with Gasteiger partial charge in [-0.1, -0.05) is 16.8 Å². The largest absolute Gasteiger partial charge is 0.383 e. The van der Waals surface area contributed by atoms with Gasteiger partial charge in [0.15, 0.2) is 5.82 Å². The zero-order valence-corrected chi connectivity index (χ0v) is 18.3. The molecule has 5 heterocycles. The molecule has 31 heavy (non-hydrogen) atoms. The van der Waals surface area contributed by atoms with Crippen LogP contribution < -0.4 is 5.32 Å². The Balaban J connectivity index is 1.38. The fourth-order valence-electron chi connectivity index (χ4n) is 4.34. The molecule has 6 rings (SSSR count). The van der Waals surface area contributed by atoms with Gasteiger partial charge in [-0.05, 0) is 51.3 Å². The summed E-state index contributed by atoms with van der Waals surface area (Å²) in [7, 11) is 0. The summed E-state index contributed by atoms with van der Waals surface area (Å²) in [6, 6.07) is 1.95. The molecule has 0 unspecified atom stereocenters. The van der Waals surface area contributed by atoms with Gasteiger partial charge in [0.25, 0.3) is 5.89 Å². The molecular formula is C21H21ClN6O2S. The molecule has 0 spiro atoms. The van der Waals surface area contributed by atoms with E-state index in [1.54, 1.807) is 12.4 Å². The molecular weight excluding hydrogens is 436 g/mol. The first-order valence-electron chi connectivity index (χ1n) is 10.5. The van der Waals surface area contributed by atoms with E-state index in [1.165, 1.54) is 11.3 Å². The molecule has 10 heteroatoms. The van der Waals surface area contributed by atoms with E-state index in [2.05, 4.69) is 30.4 Å². The molecule has 2 aliphatic rings. The molecule has 0 aromatic carbocycles. The molecule has 0 radical (unpaired) electrons. The van der Waals surface area contributed by atoms with Crippen molar-refractivity contribution in [3.8, 4) is 22.0 Å². The number of H-pyrrole nitrogens is 1. The second-order valence-corrected chi connectivity index (χ2v) is 9.76. The molecule has 0 atom stereocenters. The Morgan fingerprint density at radius 3 is 2.81 bits per heavy atom. The number of piperidine rings is 1. The Hall–Kier alpha value is -2.33. The third-order valence-corrected chi connectivity index (χ3v) is 7.81. The highest BCUT2D eigenvalue weighted by molar-refractivity contribution is 7.15. The number of hydrogen-bond donors (Lipinski definition) is 3. The van der Waals surface area contributed by atoms with Gasteiger partial charge < -0.3 is 19.9 Å². The maximum absolute atomic E-state index is 10.7. The zero-order chi connectivity index (χ0) is 21.0. The highest BCUT2D eigenvalue weighted by Gasteiger charge is 2.39. The number of nitrogens with zero attached hydrogens (tertiary/aromatic N) is 4. The van der Waals surface area contributed by atoms with E-state index < -0.39 is 5.60 Å². The smallest absolute Gasteiger partial charge is 0.274 e. The van der Waals surface area contributed by atoms with Gasteiger partial charge in [-0.2, -0.15) is 4.98 Å². The van der Waals surface area contributed by atoms with Gasteiger partial charge in [-0.25, -0.2) is 9.97 Å². The second-order valence-electron chi connectivity index (χ2n) is 8.32. The summed E-state index contributed by atoms with van der Waals surface area (Å²) in [6.45, 7) is 1.94. The minimum absolute atomic E-state index is 0.319. The Bertz CT molecular complexity index is 1250. The van der Waals surface area contributed by atoms with Crippen LogP contribution in [0.4, 0.5) is 0 Å². The molecule has 160 valence electrons. The van der Waals surface area contributed by atoms with E-state index in [0.29, 0.717) is 28.2 Å². The molecule has 8 nitrogen and oxygen atoms in total. The molecule has 1 aliphatic carbocycles. The van der Waals surface area contributed by atoms with Crippen LogP contribution in [0.15, 0.2) is 23.0 Å². The number of rotatable bonds is 4. The summed E-state index contributed by atoms with van der Waals surface area (Å²) in [5.41, 5.74) is 1.45. The van der Waals surface area contributed by atoms with Gasteiger partial charge in [0.05, 0.1) is 9.90 Å². The number of aliphatic hydroxyl groups is 1. The first-order valence-corrected chi connectivity index (χ1v) is 11.7. The Morgan fingerprint density at radius 2 is 2.03 bits per heavy atom. The van der Waals surface area contributed by atoms with E-state index in [9.17, 15) is 5.11 Å². The summed E-state index contributed by atoms with van der Waals surface area (Å²) < 4.78 is 5.56. The SMILES string of the molecule is OC1(c2ncc(-c3c(Cl)cnc4[nH]c(-c5nc(C6CCNCC6)no5)cc34)s2)CCC1. The average Bonchev–Trinajstić information content (AvgIpc) is 3.51. The Kier molecular flexibility index (Phi) is 4.60. The fraction of sp³-hybridized carbons (Fsp3) is 0.429. The molecule has 4 aromatic rings. The Morgan fingerprint density at radius 1 is 1.19 bits per heavy atom. The van der Waals surface area contributed by atoms with E-state index in [1.807, 2.05) is 6.07 Å². The summed E-state index contributed by atoms with van der Waals surface area (Å²) in [4.78, 5) is 17.8. The number of pyridine rings is 1. The quantitative estimate of drug-likeness (QED) is 0.421. The average molecular weight is 457 g/mol. The molecule has 1 saturated carbocycles. The molecule has 1 saturated heterocycles. The number of halogens is 1. The van der Waals surface area contributed by atoms with Crippen LogP contribution in [-0.4, -0.2) is 43.3 Å². The first kappa shape index (κ1) is 19.4. The van der Waals surface area contributed by atoms with E-state index in [4.69, 9.17) is 16.1 Å². The maximum Gasteiger partial charge on any atom is 0.274 e. The lowest BCUT2D eigenvalue weighted by atomic mass is 9.81. The number of thiazole rings is 1. The van der Waals surface area contributed by atoms with Crippen molar-refractivity contribution in [2.45, 2.75) is 43.6 Å². The van der Waals surface area contributed by atoms with Crippen molar-refractivity contribution < 1.29 is 9.63 Å². The monoisotopic (exact) mass is 456 g/mol. The highest BCUT2D eigenvalue weighted by Crippen LogP contribution is 2.46. The predicted octanol–water partition coefficient (Wildman–Crippen LogP) is 4.23. The Labute approximate surface area is 187 Å². The van der Waals surface area contributed by atoms with Crippen LogP contribution >= 0.6 is 22.9 Å². The van der Waals surface area contributed by atoms with Crippen molar-refractivity contribution in [2.24, 2.45) is 0 Å². The van der Waals surface area contributed by atoms with E-state index >= 15 is 0 Å². The van der Waals surface area contributed by atoms with Crippen molar-refractivity contribution in [3.05, 3.63) is 34.3 Å². The van der Waals surface area contributed by atoms with Gasteiger partial charge in [0.1, 0.15) is 21.9 Å². The van der Waals surface area contributed by atoms with Crippen molar-refractivity contribution in [3.63, 3.8) is 0 Å². The van der Waals surface area contributed by atoms with Crippen LogP contribution in [0.5, 0.6) is 0 Å². The highest BCUT2D eigenvalue weighted by atomic mass is 35.5. The van der Waals surface area contributed by atoms with Crippen LogP contribution in [0, 0.1) is 0 Å². The minimum atomic E-state index is -0.792. The summed E-state index contributed by atoms with van der Waals surface area (Å²) in [5, 5.41) is 20.4. The normalized spacial score (nSPS) is 19.0. The van der Waals surface area contributed by atoms with Crippen molar-refractivity contribution in [1.82, 2.24) is 30.4 Å². The zero-order valence-electron chi connectivity index (χ0n) is 16.7. The van der Waals surface area contributed by atoms with Gasteiger partial charge >= 0.3 is 0 Å². The van der Waals surface area contributed by atoms with E-state index in [-0.39, 0.29) is 0 Å². The number of aromatic amines is 1. The lowest BCUT2D eigenvalue weighted by Gasteiger charge is -2.34. The van der Waals surface area contributed by atoms with Crippen LogP contribution in [0.1, 0.15) is 48.9 Å². The number of fused-ring (bicyclic) bond motifs is 1. The van der Waals surface area contributed by atoms with Crippen LogP contribution in [0.3, 0.4) is 0 Å². The molecule has 3 N–H and O–H groups in total. The van der Waals surface area contributed by atoms with Crippen molar-refractivity contribution in [2.75, 3.05) is 13.1 Å². The summed E-state index contributed by atoms with van der Waals surface area (Å²) in [6.07, 6.45) is 7.96. The fourth-order valence-corrected chi connectivity index (χ4v) is 5.78. The standard InChI is InChI=1S/C21H21ClN6O2S/c22-13-9-24-18-12(16(13)15-10-25-20(31-15)21(29)4-1-5-21)8-14(26-18)19-27-17(28-30-19)11-2-6-23-7-3-11/h8-11,23,29H,1-7H2,(H,24,26). The van der Waals surface area contributed by atoms with Crippen molar-refractivity contribution >= 4 is 34.0 Å². The third kappa shape index (κ3) is 3.27. The molecule has 4 aromatic heterocycles. The number of aromatic nitrogens is 5. The molecule has 2 fully saturated rings. The van der Waals surface area contributed by atoms with Gasteiger partial charge in [-0.15, -0.1) is 11.3 Å². The number of nitrogens with one attached hydrogen (secondary N) is 2. The molecule has 0 bridgehead atoms. The second kappa shape index (κ2) is 7.37. The van der Waals surface area contributed by atoms with Gasteiger partial charge in [0.2, 0.25) is 0 Å². The first-order chi connectivity index (χ1) is 15.1. The van der Waals surface area contributed by atoms with Gasteiger partial charge in [0, 0.05) is 29.3 Å². The van der Waals surface area contributed by atoms with Crippen LogP contribution in [-0.2, 0) is 5.60 Å². The van der Waals surface area contributed by atoms with Gasteiger partial charge in [-0.3, -0.25) is 0 Å². The maximum atomic E-state index is 10.7. The molecule has 1 aliphatic heterocycles. The lowest BCUT2D eigenvalue weighted by Crippen LogP contribution is -2.33. The van der Waals surface area contributed by atoms with Crippen molar-refractivity contribution in [1.29, 1.82) is 0 Å². The lowest BCUT2D eigenvalue weighted by molar-refractivity contribution is -0.0389. The minimum Gasteiger partial charge on any atom is -0.383 e. The van der Waals surface area contributed by atoms with Crippen LogP contribution in [0.2, 0.25) is 5.02 Å².